The van der Waals surface area contributed by atoms with Gasteiger partial charge in [0.15, 0.2) is 0 Å². The average molecular weight is 394 g/mol. The predicted molar refractivity (Wildman–Crippen MR) is 99.7 cm³/mol. The molecule has 0 saturated carbocycles. The molecule has 2 aromatic rings. The van der Waals surface area contributed by atoms with Gasteiger partial charge in [0, 0.05) is 5.69 Å². The molecule has 0 radical (unpaired) electrons. The molecule has 0 spiro atoms. The van der Waals surface area contributed by atoms with E-state index in [1.165, 1.54) is 36.4 Å². The van der Waals surface area contributed by atoms with Crippen molar-refractivity contribution in [2.24, 2.45) is 0 Å². The zero-order valence-electron chi connectivity index (χ0n) is 14.3. The molecule has 1 unspecified atom stereocenters. The van der Waals surface area contributed by atoms with Crippen molar-refractivity contribution in [3.05, 3.63) is 58.9 Å². The lowest BCUT2D eigenvalue weighted by Crippen LogP contribution is -2.42. The van der Waals surface area contributed by atoms with E-state index < -0.39 is 29.8 Å². The summed E-state index contributed by atoms with van der Waals surface area (Å²) >= 11 is 6.11. The van der Waals surface area contributed by atoms with Gasteiger partial charge in [0.05, 0.1) is 16.3 Å². The smallest absolute Gasteiger partial charge is 0.405 e. The van der Waals surface area contributed by atoms with Gasteiger partial charge in [-0.1, -0.05) is 30.7 Å². The van der Waals surface area contributed by atoms with Crippen LogP contribution in [0.15, 0.2) is 42.5 Å². The molecular weight excluding hydrogens is 377 g/mol. The van der Waals surface area contributed by atoms with Crippen molar-refractivity contribution in [3.8, 4) is 0 Å². The van der Waals surface area contributed by atoms with Gasteiger partial charge in [-0.25, -0.2) is 9.18 Å². The Hall–Kier alpha value is -3.13. The maximum atomic E-state index is 13.3. The van der Waals surface area contributed by atoms with Gasteiger partial charge < -0.3 is 21.1 Å². The Morgan fingerprint density at radius 3 is 2.48 bits per heavy atom. The summed E-state index contributed by atoms with van der Waals surface area (Å²) in [5.41, 5.74) is 0.296. The Bertz CT molecular complexity index is 875. The van der Waals surface area contributed by atoms with Crippen LogP contribution in [0.4, 0.5) is 20.6 Å². The van der Waals surface area contributed by atoms with Crippen LogP contribution in [0.1, 0.15) is 23.7 Å². The van der Waals surface area contributed by atoms with Gasteiger partial charge in [-0.05, 0) is 36.8 Å². The predicted octanol–water partition coefficient (Wildman–Crippen LogP) is 3.72. The van der Waals surface area contributed by atoms with Gasteiger partial charge in [-0.3, -0.25) is 9.59 Å². The molecular formula is C18H17ClFN3O4. The number of halogens is 2. The monoisotopic (exact) mass is 393 g/mol. The van der Waals surface area contributed by atoms with Gasteiger partial charge in [0.2, 0.25) is 5.91 Å². The van der Waals surface area contributed by atoms with Crippen LogP contribution >= 0.6 is 11.6 Å². The molecule has 0 heterocycles. The fraction of sp³-hybridized carbons (Fsp3) is 0.167. The Balaban J connectivity index is 2.26. The Morgan fingerprint density at radius 2 is 1.85 bits per heavy atom. The third-order valence-corrected chi connectivity index (χ3v) is 3.92. The number of carboxylic acid groups (broad SMARTS) is 1. The SMILES string of the molecule is CCC(NC(=O)O)C(=O)Nc1cccc(Cl)c1C(=O)Nc1cccc(F)c1. The van der Waals surface area contributed by atoms with E-state index in [9.17, 15) is 18.8 Å². The van der Waals surface area contributed by atoms with E-state index in [2.05, 4.69) is 16.0 Å². The second kappa shape index (κ2) is 9.00. The minimum atomic E-state index is -1.34. The normalized spacial score (nSPS) is 11.4. The number of hydrogen-bond donors (Lipinski definition) is 4. The number of anilines is 2. The van der Waals surface area contributed by atoms with Crippen LogP contribution in [0.2, 0.25) is 5.02 Å². The Kier molecular flexibility index (Phi) is 6.73. The molecule has 0 aliphatic carbocycles. The summed E-state index contributed by atoms with van der Waals surface area (Å²) in [5, 5.41) is 16.0. The fourth-order valence-electron chi connectivity index (χ4n) is 2.34. The number of benzene rings is 2. The lowest BCUT2D eigenvalue weighted by Gasteiger charge is -2.17. The van der Waals surface area contributed by atoms with Crippen molar-refractivity contribution >= 4 is 40.9 Å². The van der Waals surface area contributed by atoms with E-state index in [0.29, 0.717) is 0 Å². The maximum Gasteiger partial charge on any atom is 0.405 e. The minimum Gasteiger partial charge on any atom is -0.465 e. The van der Waals surface area contributed by atoms with Crippen LogP contribution < -0.4 is 16.0 Å². The Labute approximate surface area is 159 Å². The molecule has 0 fully saturated rings. The lowest BCUT2D eigenvalue weighted by atomic mass is 10.1. The summed E-state index contributed by atoms with van der Waals surface area (Å²) in [4.78, 5) is 35.7. The molecule has 0 bridgehead atoms. The number of rotatable bonds is 6. The molecule has 4 N–H and O–H groups in total. The third kappa shape index (κ3) is 5.42. The van der Waals surface area contributed by atoms with Gasteiger partial charge in [0.25, 0.3) is 5.91 Å². The van der Waals surface area contributed by atoms with E-state index in [1.54, 1.807) is 6.92 Å². The molecule has 2 rings (SSSR count). The lowest BCUT2D eigenvalue weighted by molar-refractivity contribution is -0.118. The van der Waals surface area contributed by atoms with Crippen LogP contribution in [0.3, 0.4) is 0 Å². The van der Waals surface area contributed by atoms with Crippen molar-refractivity contribution in [1.82, 2.24) is 5.32 Å². The highest BCUT2D eigenvalue weighted by atomic mass is 35.5. The van der Waals surface area contributed by atoms with Crippen LogP contribution in [-0.4, -0.2) is 29.1 Å². The fourth-order valence-corrected chi connectivity index (χ4v) is 2.60. The zero-order valence-corrected chi connectivity index (χ0v) is 15.0. The van der Waals surface area contributed by atoms with Crippen molar-refractivity contribution in [3.63, 3.8) is 0 Å². The molecule has 27 heavy (non-hydrogen) atoms. The van der Waals surface area contributed by atoms with Crippen LogP contribution in [0.25, 0.3) is 0 Å². The van der Waals surface area contributed by atoms with Gasteiger partial charge in [-0.15, -0.1) is 0 Å². The summed E-state index contributed by atoms with van der Waals surface area (Å²) in [5.74, 6) is -1.81. The second-order valence-electron chi connectivity index (χ2n) is 5.53. The number of amides is 3. The standard InChI is InChI=1S/C18H17ClFN3O4/c1-2-13(23-18(26)27)16(24)22-14-8-4-7-12(19)15(14)17(25)21-11-6-3-5-10(20)9-11/h3-9,13,23H,2H2,1H3,(H,21,25)(H,22,24)(H,26,27). The van der Waals surface area contributed by atoms with Gasteiger partial charge >= 0.3 is 6.09 Å². The molecule has 0 saturated heterocycles. The molecule has 0 aliphatic heterocycles. The second-order valence-corrected chi connectivity index (χ2v) is 5.93. The largest absolute Gasteiger partial charge is 0.465 e. The highest BCUT2D eigenvalue weighted by Gasteiger charge is 2.22. The first kappa shape index (κ1) is 20.2. The summed E-state index contributed by atoms with van der Waals surface area (Å²) in [6.07, 6.45) is -1.13. The van der Waals surface area contributed by atoms with E-state index in [-0.39, 0.29) is 28.4 Å². The molecule has 9 heteroatoms. The van der Waals surface area contributed by atoms with Crippen molar-refractivity contribution in [2.75, 3.05) is 10.6 Å². The molecule has 0 aliphatic rings. The number of carbonyl (C=O) groups is 3. The summed E-state index contributed by atoms with van der Waals surface area (Å²) < 4.78 is 13.3. The molecule has 142 valence electrons. The molecule has 1 atom stereocenters. The highest BCUT2D eigenvalue weighted by Crippen LogP contribution is 2.26. The van der Waals surface area contributed by atoms with Crippen LogP contribution in [0.5, 0.6) is 0 Å². The van der Waals surface area contributed by atoms with E-state index in [4.69, 9.17) is 16.7 Å². The average Bonchev–Trinajstić information content (AvgIpc) is 2.59. The molecule has 2 aromatic carbocycles. The van der Waals surface area contributed by atoms with E-state index in [1.807, 2.05) is 0 Å². The van der Waals surface area contributed by atoms with E-state index in [0.717, 1.165) is 6.07 Å². The van der Waals surface area contributed by atoms with Crippen molar-refractivity contribution in [2.45, 2.75) is 19.4 Å². The summed E-state index contributed by atoms with van der Waals surface area (Å²) in [7, 11) is 0. The molecule has 7 nitrogen and oxygen atoms in total. The highest BCUT2D eigenvalue weighted by molar-refractivity contribution is 6.35. The molecule has 3 amide bonds. The minimum absolute atomic E-state index is 0.0260. The van der Waals surface area contributed by atoms with Crippen molar-refractivity contribution in [1.29, 1.82) is 0 Å². The summed E-state index contributed by atoms with van der Waals surface area (Å²) in [6.45, 7) is 1.63. The number of hydrogen-bond acceptors (Lipinski definition) is 3. The van der Waals surface area contributed by atoms with E-state index >= 15 is 0 Å². The first-order chi connectivity index (χ1) is 12.8. The topological polar surface area (TPSA) is 108 Å². The number of carbonyl (C=O) groups excluding carboxylic acids is 2. The first-order valence-electron chi connectivity index (χ1n) is 7.97. The maximum absolute atomic E-state index is 13.3. The van der Waals surface area contributed by atoms with Gasteiger partial charge in [0.1, 0.15) is 11.9 Å². The zero-order chi connectivity index (χ0) is 20.0. The van der Waals surface area contributed by atoms with Crippen LogP contribution in [0, 0.1) is 5.82 Å². The number of nitrogens with one attached hydrogen (secondary N) is 3. The Morgan fingerprint density at radius 1 is 1.15 bits per heavy atom. The van der Waals surface area contributed by atoms with Crippen molar-refractivity contribution < 1.29 is 23.9 Å². The quantitative estimate of drug-likeness (QED) is 0.600. The van der Waals surface area contributed by atoms with Gasteiger partial charge in [-0.2, -0.15) is 0 Å². The third-order valence-electron chi connectivity index (χ3n) is 3.60. The first-order valence-corrected chi connectivity index (χ1v) is 8.35. The summed E-state index contributed by atoms with van der Waals surface area (Å²) in [6, 6.07) is 8.75. The molecule has 0 aromatic heterocycles. The van der Waals surface area contributed by atoms with Crippen LogP contribution in [-0.2, 0) is 4.79 Å².